The number of hydrogen-bond donors (Lipinski definition) is 0. The summed E-state index contributed by atoms with van der Waals surface area (Å²) in [5.74, 6) is 0. The molecule has 1 heterocycles. The predicted octanol–water partition coefficient (Wildman–Crippen LogP) is 3.47. The molecule has 0 amide bonds. The Morgan fingerprint density at radius 3 is 2.44 bits per heavy atom. The molecule has 0 saturated carbocycles. The van der Waals surface area contributed by atoms with Crippen LogP contribution >= 0.6 is 0 Å². The van der Waals surface area contributed by atoms with Gasteiger partial charge in [-0.2, -0.15) is 0 Å². The molecule has 1 aromatic heterocycles. The Bertz CT molecular complexity index is 472. The summed E-state index contributed by atoms with van der Waals surface area (Å²) in [6.45, 7) is 6.17. The Morgan fingerprint density at radius 1 is 1.06 bits per heavy atom. The maximum Gasteiger partial charge on any atom is 0.0266 e. The van der Waals surface area contributed by atoms with Gasteiger partial charge in [0.2, 0.25) is 0 Å². The van der Waals surface area contributed by atoms with E-state index in [-0.39, 0.29) is 20.1 Å². The van der Waals surface area contributed by atoms with Crippen LogP contribution in [0.15, 0.2) is 30.3 Å². The van der Waals surface area contributed by atoms with Gasteiger partial charge in [0, 0.05) is 25.8 Å². The SMILES string of the molecule is Cc1[c-]c(-c2cccc(C)n2)cc(C)c1.[Ir]. The Kier molecular flexibility index (Phi) is 4.40. The molecular formula is C14H14IrN-. The molecule has 2 rings (SSSR count). The number of aromatic nitrogens is 1. The van der Waals surface area contributed by atoms with Crippen LogP contribution in [0.5, 0.6) is 0 Å². The van der Waals surface area contributed by atoms with Crippen LogP contribution in [0.25, 0.3) is 11.3 Å². The summed E-state index contributed by atoms with van der Waals surface area (Å²) in [7, 11) is 0. The zero-order chi connectivity index (χ0) is 10.8. The van der Waals surface area contributed by atoms with Crippen LogP contribution < -0.4 is 0 Å². The fourth-order valence-electron chi connectivity index (χ4n) is 1.73. The van der Waals surface area contributed by atoms with Crippen molar-refractivity contribution in [1.29, 1.82) is 0 Å². The number of benzene rings is 1. The zero-order valence-electron chi connectivity index (χ0n) is 9.67. The van der Waals surface area contributed by atoms with E-state index in [4.69, 9.17) is 0 Å². The third kappa shape index (κ3) is 3.00. The van der Waals surface area contributed by atoms with Crippen molar-refractivity contribution in [2.45, 2.75) is 20.8 Å². The van der Waals surface area contributed by atoms with Crippen molar-refractivity contribution in [3.8, 4) is 11.3 Å². The minimum Gasteiger partial charge on any atom is -0.302 e. The van der Waals surface area contributed by atoms with Gasteiger partial charge >= 0.3 is 0 Å². The second kappa shape index (κ2) is 5.38. The standard InChI is InChI=1S/C14H14N.Ir/c1-10-7-11(2)9-13(8-10)14-6-4-5-12(3)15-14;/h4-8H,1-3H3;/q-1;. The van der Waals surface area contributed by atoms with Crippen LogP contribution in [0.2, 0.25) is 0 Å². The first-order valence-corrected chi connectivity index (χ1v) is 5.10. The van der Waals surface area contributed by atoms with Gasteiger partial charge in [0.1, 0.15) is 0 Å². The summed E-state index contributed by atoms with van der Waals surface area (Å²) in [6, 6.07) is 13.6. The second-order valence-corrected chi connectivity index (χ2v) is 3.92. The van der Waals surface area contributed by atoms with Crippen LogP contribution in [-0.4, -0.2) is 4.98 Å². The summed E-state index contributed by atoms with van der Waals surface area (Å²) >= 11 is 0. The van der Waals surface area contributed by atoms with Crippen LogP contribution in [0, 0.1) is 26.8 Å². The summed E-state index contributed by atoms with van der Waals surface area (Å²) in [5.41, 5.74) is 5.54. The molecule has 2 aromatic rings. The molecule has 2 heteroatoms. The van der Waals surface area contributed by atoms with Gasteiger partial charge in [-0.1, -0.05) is 26.0 Å². The monoisotopic (exact) mass is 389 g/mol. The summed E-state index contributed by atoms with van der Waals surface area (Å²) in [4.78, 5) is 4.49. The van der Waals surface area contributed by atoms with Gasteiger partial charge in [-0.05, 0) is 18.7 Å². The van der Waals surface area contributed by atoms with Gasteiger partial charge in [0.25, 0.3) is 0 Å². The molecule has 1 nitrogen and oxygen atoms in total. The minimum atomic E-state index is 0. The van der Waals surface area contributed by atoms with Crippen molar-refractivity contribution < 1.29 is 20.1 Å². The van der Waals surface area contributed by atoms with Gasteiger partial charge in [-0.25, -0.2) is 0 Å². The fraction of sp³-hybridized carbons (Fsp3) is 0.214. The molecule has 0 spiro atoms. The molecule has 0 saturated heterocycles. The third-order valence-electron chi connectivity index (χ3n) is 2.31. The number of rotatable bonds is 1. The molecular weight excluding hydrogens is 374 g/mol. The normalized spacial score (nSPS) is 9.69. The maximum absolute atomic E-state index is 4.49. The molecule has 0 bridgehead atoms. The smallest absolute Gasteiger partial charge is 0.0266 e. The number of pyridine rings is 1. The van der Waals surface area contributed by atoms with E-state index >= 15 is 0 Å². The van der Waals surface area contributed by atoms with E-state index in [1.165, 1.54) is 5.56 Å². The molecule has 1 aromatic carbocycles. The fourth-order valence-corrected chi connectivity index (χ4v) is 1.73. The number of hydrogen-bond acceptors (Lipinski definition) is 1. The Hall–Kier alpha value is -0.981. The molecule has 16 heavy (non-hydrogen) atoms. The Morgan fingerprint density at radius 2 is 1.81 bits per heavy atom. The van der Waals surface area contributed by atoms with Crippen molar-refractivity contribution in [3.63, 3.8) is 0 Å². The first-order valence-electron chi connectivity index (χ1n) is 5.10. The van der Waals surface area contributed by atoms with Crippen LogP contribution in [0.4, 0.5) is 0 Å². The van der Waals surface area contributed by atoms with E-state index in [1.54, 1.807) is 0 Å². The Labute approximate surface area is 110 Å². The number of aryl methyl sites for hydroxylation is 3. The first kappa shape index (κ1) is 13.1. The molecule has 0 atom stereocenters. The largest absolute Gasteiger partial charge is 0.302 e. The number of nitrogens with zero attached hydrogens (tertiary/aromatic N) is 1. The summed E-state index contributed by atoms with van der Waals surface area (Å²) in [6.07, 6.45) is 0. The molecule has 0 unspecified atom stereocenters. The van der Waals surface area contributed by atoms with E-state index in [1.807, 2.05) is 25.1 Å². The maximum atomic E-state index is 4.49. The van der Waals surface area contributed by atoms with Crippen LogP contribution in [0.1, 0.15) is 16.8 Å². The van der Waals surface area contributed by atoms with Gasteiger partial charge < -0.3 is 4.98 Å². The molecule has 0 aliphatic heterocycles. The van der Waals surface area contributed by atoms with E-state index in [2.05, 4.69) is 37.0 Å². The van der Waals surface area contributed by atoms with E-state index in [0.29, 0.717) is 0 Å². The average molecular weight is 388 g/mol. The van der Waals surface area contributed by atoms with E-state index < -0.39 is 0 Å². The van der Waals surface area contributed by atoms with Gasteiger partial charge in [-0.3, -0.25) is 0 Å². The zero-order valence-corrected chi connectivity index (χ0v) is 12.1. The van der Waals surface area contributed by atoms with Crippen molar-refractivity contribution in [2.75, 3.05) is 0 Å². The molecule has 0 aliphatic carbocycles. The average Bonchev–Trinajstić information content (AvgIpc) is 2.16. The summed E-state index contributed by atoms with van der Waals surface area (Å²) in [5, 5.41) is 0. The van der Waals surface area contributed by atoms with Gasteiger partial charge in [0.05, 0.1) is 0 Å². The van der Waals surface area contributed by atoms with Gasteiger partial charge in [0.15, 0.2) is 0 Å². The van der Waals surface area contributed by atoms with Crippen molar-refractivity contribution >= 4 is 0 Å². The molecule has 1 radical (unpaired) electrons. The quantitative estimate of drug-likeness (QED) is 0.682. The van der Waals surface area contributed by atoms with E-state index in [9.17, 15) is 0 Å². The molecule has 85 valence electrons. The molecule has 0 fully saturated rings. The van der Waals surface area contributed by atoms with Crippen molar-refractivity contribution in [2.24, 2.45) is 0 Å². The van der Waals surface area contributed by atoms with Crippen molar-refractivity contribution in [3.05, 3.63) is 53.2 Å². The summed E-state index contributed by atoms with van der Waals surface area (Å²) < 4.78 is 0. The van der Waals surface area contributed by atoms with Gasteiger partial charge in [-0.15, -0.1) is 34.9 Å². The first-order chi connectivity index (χ1) is 7.15. The van der Waals surface area contributed by atoms with Crippen molar-refractivity contribution in [1.82, 2.24) is 4.98 Å². The molecule has 0 aliphatic rings. The third-order valence-corrected chi connectivity index (χ3v) is 2.31. The topological polar surface area (TPSA) is 12.9 Å². The predicted molar refractivity (Wildman–Crippen MR) is 62.7 cm³/mol. The molecule has 0 N–H and O–H groups in total. The minimum absolute atomic E-state index is 0. The van der Waals surface area contributed by atoms with Crippen LogP contribution in [0.3, 0.4) is 0 Å². The second-order valence-electron chi connectivity index (χ2n) is 3.92. The Balaban J connectivity index is 0.00000128. The van der Waals surface area contributed by atoms with E-state index in [0.717, 1.165) is 22.5 Å². The van der Waals surface area contributed by atoms with Crippen LogP contribution in [-0.2, 0) is 20.1 Å².